The predicted octanol–water partition coefficient (Wildman–Crippen LogP) is 4.80. The fraction of sp³-hybridized carbons (Fsp3) is 0.464. The highest BCUT2D eigenvalue weighted by molar-refractivity contribution is 5.86. The number of ether oxygens (including phenoxy) is 1. The quantitative estimate of drug-likeness (QED) is 0.568. The SMILES string of the molecule is CCCCC(NC(=O)OCC1c2ccccc2-c2ccccc21)C(=O)N1CC[C@@H](C(=O)O)C[C@H]1C. The third kappa shape index (κ3) is 5.34. The van der Waals surface area contributed by atoms with E-state index in [9.17, 15) is 19.5 Å². The fourth-order valence-corrected chi connectivity index (χ4v) is 5.37. The van der Waals surface area contributed by atoms with Gasteiger partial charge in [0.2, 0.25) is 5.91 Å². The molecule has 0 spiro atoms. The molecule has 0 aromatic heterocycles. The lowest BCUT2D eigenvalue weighted by Gasteiger charge is -2.38. The summed E-state index contributed by atoms with van der Waals surface area (Å²) in [4.78, 5) is 39.2. The van der Waals surface area contributed by atoms with E-state index in [1.807, 2.05) is 38.1 Å². The van der Waals surface area contributed by atoms with E-state index in [0.717, 1.165) is 35.1 Å². The summed E-state index contributed by atoms with van der Waals surface area (Å²) >= 11 is 0. The van der Waals surface area contributed by atoms with Crippen LogP contribution < -0.4 is 5.32 Å². The Morgan fingerprint density at radius 1 is 1.09 bits per heavy atom. The number of likely N-dealkylation sites (tertiary alicyclic amines) is 1. The number of nitrogens with one attached hydrogen (secondary N) is 1. The lowest BCUT2D eigenvalue weighted by molar-refractivity contribution is -0.148. The van der Waals surface area contributed by atoms with Gasteiger partial charge in [-0.2, -0.15) is 0 Å². The van der Waals surface area contributed by atoms with Crippen molar-refractivity contribution in [3.8, 4) is 11.1 Å². The summed E-state index contributed by atoms with van der Waals surface area (Å²) in [6, 6.07) is 15.4. The van der Waals surface area contributed by atoms with Crippen molar-refractivity contribution in [3.05, 3.63) is 59.7 Å². The summed E-state index contributed by atoms with van der Waals surface area (Å²) in [6.07, 6.45) is 2.45. The van der Waals surface area contributed by atoms with Crippen LogP contribution in [0.4, 0.5) is 4.79 Å². The van der Waals surface area contributed by atoms with Gasteiger partial charge in [-0.15, -0.1) is 0 Å². The Hall–Kier alpha value is -3.35. The van der Waals surface area contributed by atoms with Gasteiger partial charge in [0, 0.05) is 18.5 Å². The zero-order valence-electron chi connectivity index (χ0n) is 20.4. The van der Waals surface area contributed by atoms with Gasteiger partial charge in [0.05, 0.1) is 5.92 Å². The zero-order chi connectivity index (χ0) is 24.9. The summed E-state index contributed by atoms with van der Waals surface area (Å²) in [7, 11) is 0. The minimum atomic E-state index is -0.816. The number of rotatable bonds is 8. The predicted molar refractivity (Wildman–Crippen MR) is 133 cm³/mol. The number of amides is 2. The van der Waals surface area contributed by atoms with Gasteiger partial charge in [-0.05, 0) is 48.4 Å². The van der Waals surface area contributed by atoms with Gasteiger partial charge in [-0.25, -0.2) is 4.79 Å². The van der Waals surface area contributed by atoms with E-state index >= 15 is 0 Å². The minimum absolute atomic E-state index is 0.0481. The number of hydrogen-bond donors (Lipinski definition) is 2. The summed E-state index contributed by atoms with van der Waals surface area (Å²) < 4.78 is 5.66. The Morgan fingerprint density at radius 3 is 2.29 bits per heavy atom. The first-order chi connectivity index (χ1) is 16.9. The van der Waals surface area contributed by atoms with E-state index in [0.29, 0.717) is 25.8 Å². The second kappa shape index (κ2) is 10.9. The van der Waals surface area contributed by atoms with Crippen LogP contribution in [0.2, 0.25) is 0 Å². The molecule has 7 heteroatoms. The molecule has 3 atom stereocenters. The molecular weight excluding hydrogens is 444 g/mol. The Balaban J connectivity index is 1.40. The van der Waals surface area contributed by atoms with Crippen LogP contribution in [0.5, 0.6) is 0 Å². The lowest BCUT2D eigenvalue weighted by Crippen LogP contribution is -2.54. The summed E-state index contributed by atoms with van der Waals surface area (Å²) in [5.74, 6) is -1.46. The fourth-order valence-electron chi connectivity index (χ4n) is 5.37. The van der Waals surface area contributed by atoms with Crippen LogP contribution in [-0.2, 0) is 14.3 Å². The number of hydrogen-bond acceptors (Lipinski definition) is 4. The number of carboxylic acids is 1. The Bertz CT molecular complexity index is 1040. The Labute approximate surface area is 206 Å². The number of carbonyl (C=O) groups excluding carboxylic acids is 2. The maximum absolute atomic E-state index is 13.3. The number of unbranched alkanes of at least 4 members (excludes halogenated alkanes) is 1. The Kier molecular flexibility index (Phi) is 7.73. The molecule has 0 saturated carbocycles. The van der Waals surface area contributed by atoms with Crippen LogP contribution in [0.25, 0.3) is 11.1 Å². The van der Waals surface area contributed by atoms with Gasteiger partial charge < -0.3 is 20.1 Å². The first-order valence-corrected chi connectivity index (χ1v) is 12.6. The van der Waals surface area contributed by atoms with Crippen molar-refractivity contribution in [2.24, 2.45) is 5.92 Å². The molecule has 186 valence electrons. The lowest BCUT2D eigenvalue weighted by atomic mass is 9.91. The van der Waals surface area contributed by atoms with Crippen LogP contribution in [0, 0.1) is 5.92 Å². The van der Waals surface area contributed by atoms with Crippen molar-refractivity contribution in [1.29, 1.82) is 0 Å². The number of carbonyl (C=O) groups is 3. The third-order valence-electron chi connectivity index (χ3n) is 7.29. The van der Waals surface area contributed by atoms with Gasteiger partial charge in [-0.3, -0.25) is 9.59 Å². The molecule has 2 aromatic carbocycles. The van der Waals surface area contributed by atoms with E-state index in [2.05, 4.69) is 29.6 Å². The average molecular weight is 479 g/mol. The molecule has 1 unspecified atom stereocenters. The van der Waals surface area contributed by atoms with Crippen LogP contribution in [0.15, 0.2) is 48.5 Å². The summed E-state index contributed by atoms with van der Waals surface area (Å²) in [6.45, 7) is 4.48. The summed E-state index contributed by atoms with van der Waals surface area (Å²) in [5, 5.41) is 12.1. The number of alkyl carbamates (subject to hydrolysis) is 1. The molecule has 2 aliphatic rings. The van der Waals surface area contributed by atoms with Gasteiger partial charge in [0.1, 0.15) is 12.6 Å². The molecule has 1 aliphatic carbocycles. The highest BCUT2D eigenvalue weighted by atomic mass is 16.5. The summed E-state index contributed by atoms with van der Waals surface area (Å²) in [5.41, 5.74) is 4.59. The average Bonchev–Trinajstić information content (AvgIpc) is 3.18. The maximum Gasteiger partial charge on any atom is 0.407 e. The van der Waals surface area contributed by atoms with E-state index in [4.69, 9.17) is 4.74 Å². The molecule has 7 nitrogen and oxygen atoms in total. The molecule has 2 N–H and O–H groups in total. The van der Waals surface area contributed by atoms with Crippen molar-refractivity contribution in [1.82, 2.24) is 10.2 Å². The Morgan fingerprint density at radius 2 is 1.71 bits per heavy atom. The monoisotopic (exact) mass is 478 g/mol. The van der Waals surface area contributed by atoms with Crippen molar-refractivity contribution in [2.45, 2.75) is 64.0 Å². The zero-order valence-corrected chi connectivity index (χ0v) is 20.4. The van der Waals surface area contributed by atoms with E-state index in [1.165, 1.54) is 0 Å². The first-order valence-electron chi connectivity index (χ1n) is 12.6. The molecular formula is C28H34N2O5. The molecule has 1 aliphatic heterocycles. The van der Waals surface area contributed by atoms with E-state index in [1.54, 1.807) is 4.90 Å². The highest BCUT2D eigenvalue weighted by Crippen LogP contribution is 2.44. The molecule has 1 saturated heterocycles. The van der Waals surface area contributed by atoms with Crippen molar-refractivity contribution >= 4 is 18.0 Å². The van der Waals surface area contributed by atoms with E-state index < -0.39 is 24.0 Å². The van der Waals surface area contributed by atoms with Crippen molar-refractivity contribution < 1.29 is 24.2 Å². The molecule has 2 amide bonds. The molecule has 35 heavy (non-hydrogen) atoms. The maximum atomic E-state index is 13.3. The molecule has 4 rings (SSSR count). The number of nitrogens with zero attached hydrogens (tertiary/aromatic N) is 1. The largest absolute Gasteiger partial charge is 0.481 e. The molecule has 1 heterocycles. The number of fused-ring (bicyclic) bond motifs is 3. The van der Waals surface area contributed by atoms with Crippen LogP contribution in [0.3, 0.4) is 0 Å². The number of carboxylic acid groups (broad SMARTS) is 1. The highest BCUT2D eigenvalue weighted by Gasteiger charge is 2.36. The third-order valence-corrected chi connectivity index (χ3v) is 7.29. The van der Waals surface area contributed by atoms with Gasteiger partial charge in [0.25, 0.3) is 0 Å². The van der Waals surface area contributed by atoms with Gasteiger partial charge in [0.15, 0.2) is 0 Å². The second-order valence-corrected chi connectivity index (χ2v) is 9.60. The number of benzene rings is 2. The number of aliphatic carboxylic acids is 1. The molecule has 0 bridgehead atoms. The number of piperidine rings is 1. The normalized spacial score (nSPS) is 20.0. The molecule has 0 radical (unpaired) electrons. The van der Waals surface area contributed by atoms with Crippen molar-refractivity contribution in [3.63, 3.8) is 0 Å². The minimum Gasteiger partial charge on any atom is -0.481 e. The van der Waals surface area contributed by atoms with Crippen LogP contribution >= 0.6 is 0 Å². The molecule has 2 aromatic rings. The van der Waals surface area contributed by atoms with Gasteiger partial charge >= 0.3 is 12.1 Å². The molecule has 1 fully saturated rings. The van der Waals surface area contributed by atoms with Crippen LogP contribution in [0.1, 0.15) is 63.0 Å². The first kappa shape index (κ1) is 24.8. The second-order valence-electron chi connectivity index (χ2n) is 9.60. The van der Waals surface area contributed by atoms with Gasteiger partial charge in [-0.1, -0.05) is 68.3 Å². The van der Waals surface area contributed by atoms with Crippen molar-refractivity contribution in [2.75, 3.05) is 13.2 Å². The standard InChI is InChI=1S/C28H34N2O5/c1-3-4-13-25(26(31)30-15-14-19(27(32)33)16-18(30)2)29-28(34)35-17-24-22-11-7-5-9-20(22)21-10-6-8-12-23(21)24/h5-12,18-19,24-25H,3-4,13-17H2,1-2H3,(H,29,34)(H,32,33)/t18-,19-,25?/m1/s1. The van der Waals surface area contributed by atoms with Crippen LogP contribution in [-0.4, -0.2) is 53.2 Å². The van der Waals surface area contributed by atoms with E-state index in [-0.39, 0.29) is 24.5 Å². The topological polar surface area (TPSA) is 95.9 Å². The smallest absolute Gasteiger partial charge is 0.407 e.